The van der Waals surface area contributed by atoms with Crippen molar-refractivity contribution >= 4 is 50.6 Å². The molecule has 5 rings (SSSR count). The van der Waals surface area contributed by atoms with Gasteiger partial charge in [-0.3, -0.25) is 0 Å². The van der Waals surface area contributed by atoms with Crippen molar-refractivity contribution < 1.29 is 87.8 Å². The van der Waals surface area contributed by atoms with E-state index in [0.717, 1.165) is 0 Å². The van der Waals surface area contributed by atoms with Crippen LogP contribution in [0.15, 0.2) is 24.3 Å². The van der Waals surface area contributed by atoms with Crippen LogP contribution in [0.4, 0.5) is 87.8 Å². The smallest absolute Gasteiger partial charge is 0.200 e. The first-order valence-electron chi connectivity index (χ1n) is 14.4. The number of halogens is 21. The molecule has 0 saturated carbocycles. The molecule has 0 aliphatic heterocycles. The topological polar surface area (TPSA) is 0 Å². The Balaban J connectivity index is 0.000000583. The van der Waals surface area contributed by atoms with Gasteiger partial charge in [-0.2, -0.15) is 0 Å². The van der Waals surface area contributed by atoms with Crippen molar-refractivity contribution in [1.82, 2.24) is 0 Å². The molecule has 0 aromatic heterocycles. The van der Waals surface area contributed by atoms with Gasteiger partial charge in [0.15, 0.2) is 69.8 Å². The van der Waals surface area contributed by atoms with Gasteiger partial charge in [0, 0.05) is 3.57 Å². The molecular formula is C33H11BF20I-. The van der Waals surface area contributed by atoms with Crippen molar-refractivity contribution in [3.05, 3.63) is 150 Å². The molecular weight excluding hydrogens is 914 g/mol. The van der Waals surface area contributed by atoms with E-state index in [-0.39, 0.29) is 0 Å². The van der Waals surface area contributed by atoms with E-state index in [1.165, 1.54) is 9.13 Å². The standard InChI is InChI=1S/C24BF20.C9H11I/c26-5-1(6(27)14(35)21(42)13(5)34)25(2-7(28)15(36)22(43)16(37)8(2)29,3-9(30)17(38)23(44)18(39)10(3)31)4-11(32)19(40)24(45)20(41)12(4)33;1-7(2)8-3-5-9(10)6-4-8/h;3-7H,1-2H3/q-1;. The van der Waals surface area contributed by atoms with Gasteiger partial charge in [0.05, 0.1) is 0 Å². The molecule has 294 valence electrons. The number of hydrogen-bond acceptors (Lipinski definition) is 0. The molecule has 0 heterocycles. The van der Waals surface area contributed by atoms with E-state index >= 15 is 35.1 Å². The highest BCUT2D eigenvalue weighted by molar-refractivity contribution is 14.1. The predicted octanol–water partition coefficient (Wildman–Crippen LogP) is 9.26. The second-order valence-corrected chi connectivity index (χ2v) is 12.8. The quantitative estimate of drug-likeness (QED) is 0.0543. The lowest BCUT2D eigenvalue weighted by atomic mass is 9.12. The molecule has 0 bridgehead atoms. The molecule has 0 atom stereocenters. The average Bonchev–Trinajstić information content (AvgIpc) is 3.15. The van der Waals surface area contributed by atoms with Crippen LogP contribution < -0.4 is 21.9 Å². The molecule has 0 aliphatic carbocycles. The molecule has 0 aliphatic rings. The van der Waals surface area contributed by atoms with Crippen LogP contribution in [0.2, 0.25) is 0 Å². The lowest BCUT2D eigenvalue weighted by molar-refractivity contribution is 0.378. The second kappa shape index (κ2) is 15.6. The maximum atomic E-state index is 15.4. The normalized spacial score (nSPS) is 11.7. The molecule has 0 nitrogen and oxygen atoms in total. The average molecular weight is 925 g/mol. The first-order valence-corrected chi connectivity index (χ1v) is 15.5. The zero-order valence-electron chi connectivity index (χ0n) is 26.4. The maximum absolute atomic E-state index is 15.4. The Labute approximate surface area is 307 Å². The summed E-state index contributed by atoms with van der Waals surface area (Å²) in [5, 5.41) is 0. The zero-order valence-corrected chi connectivity index (χ0v) is 28.6. The minimum Gasteiger partial charge on any atom is -0.207 e. The van der Waals surface area contributed by atoms with E-state index in [4.69, 9.17) is 0 Å². The van der Waals surface area contributed by atoms with Gasteiger partial charge in [0.25, 0.3) is 0 Å². The molecule has 5 aromatic carbocycles. The van der Waals surface area contributed by atoms with Crippen LogP contribution in [-0.4, -0.2) is 6.15 Å². The Morgan fingerprint density at radius 2 is 0.473 bits per heavy atom. The molecule has 0 amide bonds. The Morgan fingerprint density at radius 3 is 0.636 bits per heavy atom. The predicted molar refractivity (Wildman–Crippen MR) is 162 cm³/mol. The van der Waals surface area contributed by atoms with Crippen LogP contribution in [0, 0.1) is 120 Å². The van der Waals surface area contributed by atoms with Crippen LogP contribution in [-0.2, 0) is 0 Å². The Morgan fingerprint density at radius 1 is 0.309 bits per heavy atom. The first-order chi connectivity index (χ1) is 25.4. The number of rotatable bonds is 5. The van der Waals surface area contributed by atoms with E-state index in [9.17, 15) is 52.7 Å². The van der Waals surface area contributed by atoms with Gasteiger partial charge in [0.1, 0.15) is 52.7 Å². The van der Waals surface area contributed by atoms with E-state index in [1.54, 1.807) is 0 Å². The molecule has 0 saturated heterocycles. The summed E-state index contributed by atoms with van der Waals surface area (Å²) in [5.41, 5.74) is -12.9. The van der Waals surface area contributed by atoms with Crippen molar-refractivity contribution in [2.45, 2.75) is 19.8 Å². The van der Waals surface area contributed by atoms with Crippen molar-refractivity contribution in [2.24, 2.45) is 0 Å². The van der Waals surface area contributed by atoms with Crippen LogP contribution in [0.3, 0.4) is 0 Å². The molecule has 5 aromatic rings. The number of benzene rings is 5. The third-order valence-corrected chi connectivity index (χ3v) is 8.96. The van der Waals surface area contributed by atoms with Gasteiger partial charge in [-0.25, -0.2) is 87.8 Å². The fourth-order valence-corrected chi connectivity index (χ4v) is 6.08. The summed E-state index contributed by atoms with van der Waals surface area (Å²) < 4.78 is 295. The molecule has 0 fully saturated rings. The molecule has 22 heteroatoms. The molecule has 0 unspecified atom stereocenters. The fourth-order valence-electron chi connectivity index (χ4n) is 5.72. The fraction of sp³-hybridized carbons (Fsp3) is 0.0909. The van der Waals surface area contributed by atoms with E-state index < -0.39 is 144 Å². The highest BCUT2D eigenvalue weighted by Gasteiger charge is 2.52. The largest absolute Gasteiger partial charge is 0.207 e. The van der Waals surface area contributed by atoms with Crippen molar-refractivity contribution in [3.63, 3.8) is 0 Å². The lowest BCUT2D eigenvalue weighted by Crippen LogP contribution is -2.81. The second-order valence-electron chi connectivity index (χ2n) is 11.5. The minimum atomic E-state index is -7.22. The summed E-state index contributed by atoms with van der Waals surface area (Å²) in [4.78, 5) is 0. The van der Waals surface area contributed by atoms with Crippen LogP contribution in [0.25, 0.3) is 0 Å². The molecule has 0 radical (unpaired) electrons. The minimum absolute atomic E-state index is 0.650. The summed E-state index contributed by atoms with van der Waals surface area (Å²) in [7, 11) is 0. The van der Waals surface area contributed by atoms with Crippen molar-refractivity contribution in [2.75, 3.05) is 0 Å². The van der Waals surface area contributed by atoms with Gasteiger partial charge >= 0.3 is 0 Å². The lowest BCUT2D eigenvalue weighted by Gasteiger charge is -2.44. The monoisotopic (exact) mass is 925 g/mol. The summed E-state index contributed by atoms with van der Waals surface area (Å²) in [6, 6.07) is 8.67. The van der Waals surface area contributed by atoms with Crippen LogP contribution in [0.5, 0.6) is 0 Å². The molecule has 0 N–H and O–H groups in total. The van der Waals surface area contributed by atoms with Gasteiger partial charge in [0.2, 0.25) is 0 Å². The van der Waals surface area contributed by atoms with E-state index in [2.05, 4.69) is 60.7 Å². The van der Waals surface area contributed by atoms with Crippen LogP contribution >= 0.6 is 22.6 Å². The molecule has 0 spiro atoms. The van der Waals surface area contributed by atoms with Gasteiger partial charge in [-0.05, 0) is 46.2 Å². The van der Waals surface area contributed by atoms with E-state index in [1.807, 2.05) is 0 Å². The summed E-state index contributed by atoms with van der Waals surface area (Å²) in [6.07, 6.45) is -7.22. The van der Waals surface area contributed by atoms with Gasteiger partial charge < -0.3 is 0 Å². The van der Waals surface area contributed by atoms with Crippen LogP contribution in [0.1, 0.15) is 25.3 Å². The van der Waals surface area contributed by atoms with E-state index in [0.29, 0.717) is 5.92 Å². The van der Waals surface area contributed by atoms with Crippen molar-refractivity contribution in [1.29, 1.82) is 0 Å². The van der Waals surface area contributed by atoms with Gasteiger partial charge in [-0.15, -0.1) is 21.9 Å². The summed E-state index contributed by atoms with van der Waals surface area (Å²) in [5.74, 6) is -70.8. The van der Waals surface area contributed by atoms with Crippen molar-refractivity contribution in [3.8, 4) is 0 Å². The van der Waals surface area contributed by atoms with Gasteiger partial charge in [-0.1, -0.05) is 26.0 Å². The molecule has 55 heavy (non-hydrogen) atoms. The highest BCUT2D eigenvalue weighted by Crippen LogP contribution is 2.30. The third-order valence-electron chi connectivity index (χ3n) is 8.24. The Hall–Kier alpha value is -4.51. The Bertz CT molecular complexity index is 1980. The first kappa shape index (κ1) is 43.2. The third kappa shape index (κ3) is 6.66. The summed E-state index contributed by atoms with van der Waals surface area (Å²) >= 11 is 2.32. The summed E-state index contributed by atoms with van der Waals surface area (Å²) in [6.45, 7) is 4.42. The zero-order chi connectivity index (χ0) is 41.9. The maximum Gasteiger partial charge on any atom is 0.200 e. The number of hydrogen-bond donors (Lipinski definition) is 0. The SMILES string of the molecule is CC(C)c1ccc(I)cc1.Fc1c(F)c(F)c([B-](c2c(F)c(F)c(F)c(F)c2F)(c2c(F)c(F)c(F)c(F)c2F)c2c(F)c(F)c(F)c(F)c2F)c(F)c1F. The Kier molecular flexibility index (Phi) is 12.2. The highest BCUT2D eigenvalue weighted by atomic mass is 127.